The summed E-state index contributed by atoms with van der Waals surface area (Å²) in [5, 5.41) is 0.556. The summed E-state index contributed by atoms with van der Waals surface area (Å²) >= 11 is 6.12. The molecule has 0 spiro atoms. The van der Waals surface area contributed by atoms with Crippen molar-refractivity contribution in [1.82, 2.24) is 5.48 Å². The Hall–Kier alpha value is -1.01. The second-order valence-electron chi connectivity index (χ2n) is 3.76. The van der Waals surface area contributed by atoms with Gasteiger partial charge in [-0.25, -0.2) is 0 Å². The molecule has 0 saturated heterocycles. The van der Waals surface area contributed by atoms with Crippen molar-refractivity contribution in [2.24, 2.45) is 0 Å². The third kappa shape index (κ3) is 3.49. The van der Waals surface area contributed by atoms with Crippen molar-refractivity contribution in [3.05, 3.63) is 22.7 Å². The van der Waals surface area contributed by atoms with Crippen molar-refractivity contribution in [2.45, 2.75) is 6.54 Å². The first-order valence-corrected chi connectivity index (χ1v) is 6.10. The molecule has 0 aromatic heterocycles. The van der Waals surface area contributed by atoms with E-state index in [0.717, 1.165) is 5.56 Å². The summed E-state index contributed by atoms with van der Waals surface area (Å²) in [6.07, 6.45) is 0. The van der Waals surface area contributed by atoms with Gasteiger partial charge in [-0.3, -0.25) is 4.84 Å². The molecular formula is C12H16ClNO4. The number of hydrogen-bond donors (Lipinski definition) is 1. The summed E-state index contributed by atoms with van der Waals surface area (Å²) in [6, 6.07) is 3.73. The van der Waals surface area contributed by atoms with Gasteiger partial charge in [0.15, 0.2) is 11.5 Å². The Balaban J connectivity index is 1.91. The van der Waals surface area contributed by atoms with Crippen LogP contribution in [0.5, 0.6) is 11.5 Å². The van der Waals surface area contributed by atoms with Gasteiger partial charge in [0.1, 0.15) is 13.2 Å². The van der Waals surface area contributed by atoms with E-state index in [9.17, 15) is 0 Å². The first kappa shape index (κ1) is 13.4. The van der Waals surface area contributed by atoms with E-state index in [2.05, 4.69) is 5.48 Å². The maximum absolute atomic E-state index is 6.12. The van der Waals surface area contributed by atoms with Crippen LogP contribution in [0.4, 0.5) is 0 Å². The largest absolute Gasteiger partial charge is 0.486 e. The molecular weight excluding hydrogens is 258 g/mol. The fraction of sp³-hybridized carbons (Fsp3) is 0.500. The molecule has 0 radical (unpaired) electrons. The van der Waals surface area contributed by atoms with E-state index in [1.807, 2.05) is 12.1 Å². The van der Waals surface area contributed by atoms with Crippen molar-refractivity contribution < 1.29 is 19.0 Å². The van der Waals surface area contributed by atoms with Crippen LogP contribution in [0.15, 0.2) is 12.1 Å². The molecule has 18 heavy (non-hydrogen) atoms. The molecule has 0 unspecified atom stereocenters. The summed E-state index contributed by atoms with van der Waals surface area (Å²) in [7, 11) is 1.63. The van der Waals surface area contributed by atoms with Gasteiger partial charge in [0.05, 0.1) is 18.2 Å². The van der Waals surface area contributed by atoms with E-state index in [4.69, 9.17) is 30.6 Å². The number of hydroxylamine groups is 1. The van der Waals surface area contributed by atoms with Crippen LogP contribution in [-0.2, 0) is 16.1 Å². The summed E-state index contributed by atoms with van der Waals surface area (Å²) < 4.78 is 15.8. The zero-order chi connectivity index (χ0) is 12.8. The van der Waals surface area contributed by atoms with Gasteiger partial charge in [0, 0.05) is 13.7 Å². The van der Waals surface area contributed by atoms with Crippen LogP contribution in [0.3, 0.4) is 0 Å². The molecule has 1 aliphatic rings. The Morgan fingerprint density at radius 3 is 2.94 bits per heavy atom. The maximum atomic E-state index is 6.12. The zero-order valence-corrected chi connectivity index (χ0v) is 11.0. The molecule has 1 aromatic carbocycles. The van der Waals surface area contributed by atoms with Gasteiger partial charge in [-0.2, -0.15) is 5.48 Å². The molecule has 1 aliphatic heterocycles. The number of halogens is 1. The molecule has 100 valence electrons. The molecule has 0 amide bonds. The van der Waals surface area contributed by atoms with Crippen LogP contribution in [0.1, 0.15) is 5.56 Å². The molecule has 0 atom stereocenters. The lowest BCUT2D eigenvalue weighted by Crippen LogP contribution is -2.18. The fourth-order valence-electron chi connectivity index (χ4n) is 1.60. The highest BCUT2D eigenvalue weighted by Gasteiger charge is 2.16. The summed E-state index contributed by atoms with van der Waals surface area (Å²) in [4.78, 5) is 5.17. The Morgan fingerprint density at radius 1 is 1.28 bits per heavy atom. The molecule has 0 fully saturated rings. The van der Waals surface area contributed by atoms with Crippen LogP contribution in [0.2, 0.25) is 5.02 Å². The normalized spacial score (nSPS) is 13.7. The number of rotatable bonds is 6. The van der Waals surface area contributed by atoms with Gasteiger partial charge in [0.2, 0.25) is 0 Å². The van der Waals surface area contributed by atoms with Crippen LogP contribution in [0, 0.1) is 0 Å². The Morgan fingerprint density at radius 2 is 2.11 bits per heavy atom. The van der Waals surface area contributed by atoms with Gasteiger partial charge in [-0.05, 0) is 17.7 Å². The first-order valence-electron chi connectivity index (χ1n) is 5.73. The minimum absolute atomic E-state index is 0.495. The molecule has 1 aromatic rings. The van der Waals surface area contributed by atoms with Crippen LogP contribution >= 0.6 is 11.6 Å². The molecule has 0 aliphatic carbocycles. The van der Waals surface area contributed by atoms with E-state index in [1.165, 1.54) is 0 Å². The van der Waals surface area contributed by atoms with Gasteiger partial charge in [0.25, 0.3) is 0 Å². The van der Waals surface area contributed by atoms with Gasteiger partial charge in [-0.1, -0.05) is 11.6 Å². The average Bonchev–Trinajstić information content (AvgIpc) is 2.39. The quantitative estimate of drug-likeness (QED) is 0.632. The number of benzene rings is 1. The van der Waals surface area contributed by atoms with Gasteiger partial charge in [-0.15, -0.1) is 0 Å². The van der Waals surface area contributed by atoms with E-state index in [1.54, 1.807) is 7.11 Å². The lowest BCUT2D eigenvalue weighted by Gasteiger charge is -2.20. The maximum Gasteiger partial charge on any atom is 0.179 e. The van der Waals surface area contributed by atoms with Crippen molar-refractivity contribution in [3.8, 4) is 11.5 Å². The third-order valence-corrected chi connectivity index (χ3v) is 2.71. The van der Waals surface area contributed by atoms with E-state index < -0.39 is 0 Å². The fourth-order valence-corrected chi connectivity index (χ4v) is 1.89. The van der Waals surface area contributed by atoms with Gasteiger partial charge >= 0.3 is 0 Å². The van der Waals surface area contributed by atoms with Crippen molar-refractivity contribution in [2.75, 3.05) is 33.5 Å². The Bertz CT molecular complexity index is 400. The Labute approximate surface area is 111 Å². The number of methoxy groups -OCH3 is 1. The highest BCUT2D eigenvalue weighted by atomic mass is 35.5. The van der Waals surface area contributed by atoms with Crippen molar-refractivity contribution in [3.63, 3.8) is 0 Å². The molecule has 6 heteroatoms. The van der Waals surface area contributed by atoms with Gasteiger partial charge < -0.3 is 14.2 Å². The van der Waals surface area contributed by atoms with Crippen LogP contribution in [-0.4, -0.2) is 33.5 Å². The van der Waals surface area contributed by atoms with E-state index in [0.29, 0.717) is 49.5 Å². The van der Waals surface area contributed by atoms with E-state index >= 15 is 0 Å². The second kappa shape index (κ2) is 6.80. The monoisotopic (exact) mass is 273 g/mol. The third-order valence-electron chi connectivity index (χ3n) is 2.42. The molecule has 0 bridgehead atoms. The highest BCUT2D eigenvalue weighted by Crippen LogP contribution is 2.38. The summed E-state index contributed by atoms with van der Waals surface area (Å²) in [5.41, 5.74) is 3.81. The van der Waals surface area contributed by atoms with Crippen molar-refractivity contribution in [1.29, 1.82) is 0 Å². The molecule has 5 nitrogen and oxygen atoms in total. The topological polar surface area (TPSA) is 49.0 Å². The Kier molecular flexibility index (Phi) is 5.07. The SMILES string of the molecule is COCCONCc1cc(Cl)c2c(c1)OCCO2. The lowest BCUT2D eigenvalue weighted by molar-refractivity contribution is 0.00342. The molecule has 0 saturated carbocycles. The highest BCUT2D eigenvalue weighted by molar-refractivity contribution is 6.32. The minimum atomic E-state index is 0.495. The predicted octanol–water partition coefficient (Wildman–Crippen LogP) is 1.78. The van der Waals surface area contributed by atoms with Crippen molar-refractivity contribution >= 4 is 11.6 Å². The molecule has 2 rings (SSSR count). The van der Waals surface area contributed by atoms with Crippen LogP contribution < -0.4 is 15.0 Å². The standard InChI is InChI=1S/C12H16ClNO4/c1-15-2-5-18-14-8-9-6-10(13)12-11(7-9)16-3-4-17-12/h6-7,14H,2-5,8H2,1H3. The number of nitrogens with one attached hydrogen (secondary N) is 1. The summed E-state index contributed by atoms with van der Waals surface area (Å²) in [6.45, 7) is 2.67. The number of ether oxygens (including phenoxy) is 3. The van der Waals surface area contributed by atoms with Crippen LogP contribution in [0.25, 0.3) is 0 Å². The lowest BCUT2D eigenvalue weighted by atomic mass is 10.2. The second-order valence-corrected chi connectivity index (χ2v) is 4.17. The minimum Gasteiger partial charge on any atom is -0.486 e. The number of hydrogen-bond acceptors (Lipinski definition) is 5. The smallest absolute Gasteiger partial charge is 0.179 e. The first-order chi connectivity index (χ1) is 8.81. The average molecular weight is 274 g/mol. The van der Waals surface area contributed by atoms with E-state index in [-0.39, 0.29) is 0 Å². The predicted molar refractivity (Wildman–Crippen MR) is 67.1 cm³/mol. The zero-order valence-electron chi connectivity index (χ0n) is 10.2. The summed E-state index contributed by atoms with van der Waals surface area (Å²) in [5.74, 6) is 1.30. The molecule has 1 N–H and O–H groups in total. The number of fused-ring (bicyclic) bond motifs is 1. The molecule has 1 heterocycles.